The summed E-state index contributed by atoms with van der Waals surface area (Å²) in [5.74, 6) is -0.795. The third kappa shape index (κ3) is 6.11. The number of hydrogen-bond acceptors (Lipinski definition) is 3. The van der Waals surface area contributed by atoms with Crippen molar-refractivity contribution < 1.29 is 14.7 Å². The van der Waals surface area contributed by atoms with Gasteiger partial charge in [0.25, 0.3) is 0 Å². The SMILES string of the molecule is O=C(O)C=Cc1cccc(N(Cc2ccc(-c3ccc(N4CCC4)cc3)cc2)C(=O)C2CCCCC2)c1. The maximum atomic E-state index is 13.7. The van der Waals surface area contributed by atoms with Crippen molar-refractivity contribution in [2.45, 2.75) is 45.1 Å². The zero-order valence-corrected chi connectivity index (χ0v) is 21.2. The summed E-state index contributed by atoms with van der Waals surface area (Å²) < 4.78 is 0. The average molecular weight is 495 g/mol. The lowest BCUT2D eigenvalue weighted by Gasteiger charge is -2.33. The number of rotatable bonds is 8. The largest absolute Gasteiger partial charge is 0.478 e. The van der Waals surface area contributed by atoms with E-state index >= 15 is 0 Å². The van der Waals surface area contributed by atoms with Crippen LogP contribution in [0.15, 0.2) is 78.9 Å². The molecule has 3 aromatic rings. The molecule has 190 valence electrons. The maximum absolute atomic E-state index is 13.7. The van der Waals surface area contributed by atoms with Crippen molar-refractivity contribution in [3.05, 3.63) is 90.0 Å². The highest BCUT2D eigenvalue weighted by molar-refractivity contribution is 5.95. The van der Waals surface area contributed by atoms with Gasteiger partial charge < -0.3 is 14.9 Å². The van der Waals surface area contributed by atoms with Gasteiger partial charge in [-0.1, -0.05) is 67.8 Å². The van der Waals surface area contributed by atoms with Crippen molar-refractivity contribution in [3.63, 3.8) is 0 Å². The van der Waals surface area contributed by atoms with Gasteiger partial charge in [0, 0.05) is 36.5 Å². The van der Waals surface area contributed by atoms with E-state index in [2.05, 4.69) is 53.4 Å². The number of carbonyl (C=O) groups excluding carboxylic acids is 1. The molecule has 0 spiro atoms. The first-order valence-electron chi connectivity index (χ1n) is 13.3. The fourth-order valence-electron chi connectivity index (χ4n) is 5.25. The van der Waals surface area contributed by atoms with E-state index in [4.69, 9.17) is 5.11 Å². The van der Waals surface area contributed by atoms with Crippen LogP contribution in [0.25, 0.3) is 17.2 Å². The third-order valence-corrected chi connectivity index (χ3v) is 7.54. The van der Waals surface area contributed by atoms with E-state index in [1.165, 1.54) is 24.1 Å². The number of nitrogens with zero attached hydrogens (tertiary/aromatic N) is 2. The normalized spacial score (nSPS) is 15.9. The van der Waals surface area contributed by atoms with Crippen LogP contribution in [0.1, 0.15) is 49.7 Å². The van der Waals surface area contributed by atoms with Gasteiger partial charge in [-0.25, -0.2) is 4.79 Å². The van der Waals surface area contributed by atoms with Gasteiger partial charge in [0.1, 0.15) is 0 Å². The lowest BCUT2D eigenvalue weighted by molar-refractivity contribution is -0.131. The Balaban J connectivity index is 1.36. The molecule has 0 bridgehead atoms. The molecule has 1 N–H and O–H groups in total. The summed E-state index contributed by atoms with van der Waals surface area (Å²) in [7, 11) is 0. The van der Waals surface area contributed by atoms with Gasteiger partial charge >= 0.3 is 5.97 Å². The Labute approximate surface area is 219 Å². The van der Waals surface area contributed by atoms with Gasteiger partial charge in [-0.3, -0.25) is 4.79 Å². The molecule has 5 heteroatoms. The van der Waals surface area contributed by atoms with Crippen LogP contribution in [0.5, 0.6) is 0 Å². The highest BCUT2D eigenvalue weighted by Crippen LogP contribution is 2.30. The Hall–Kier alpha value is -3.86. The number of carbonyl (C=O) groups is 2. The van der Waals surface area contributed by atoms with Crippen molar-refractivity contribution in [1.29, 1.82) is 0 Å². The molecule has 0 atom stereocenters. The zero-order valence-electron chi connectivity index (χ0n) is 21.2. The summed E-state index contributed by atoms with van der Waals surface area (Å²) in [6.07, 6.45) is 9.21. The van der Waals surface area contributed by atoms with E-state index in [9.17, 15) is 9.59 Å². The topological polar surface area (TPSA) is 60.9 Å². The van der Waals surface area contributed by atoms with E-state index in [-0.39, 0.29) is 11.8 Å². The second-order valence-corrected chi connectivity index (χ2v) is 10.1. The van der Waals surface area contributed by atoms with Crippen LogP contribution in [-0.2, 0) is 16.1 Å². The standard InChI is InChI=1S/C32H34N2O3/c35-31(36)19-12-24-6-4-9-30(22-24)34(32(37)28-7-2-1-3-8-28)23-25-10-13-26(14-11-25)27-15-17-29(18-16-27)33-20-5-21-33/h4,6,9-19,22,28H,1-3,5,7-8,20-21,23H2,(H,35,36). The molecule has 1 aliphatic carbocycles. The van der Waals surface area contributed by atoms with Gasteiger partial charge in [0.15, 0.2) is 0 Å². The van der Waals surface area contributed by atoms with Crippen LogP contribution >= 0.6 is 0 Å². The Morgan fingerprint density at radius 3 is 2.16 bits per heavy atom. The molecule has 1 amide bonds. The average Bonchev–Trinajstić information content (AvgIpc) is 2.91. The number of carboxylic acids is 1. The molecule has 3 aromatic carbocycles. The van der Waals surface area contributed by atoms with E-state index in [0.717, 1.165) is 67.2 Å². The Morgan fingerprint density at radius 1 is 0.865 bits per heavy atom. The Morgan fingerprint density at radius 2 is 1.54 bits per heavy atom. The highest BCUT2D eigenvalue weighted by Gasteiger charge is 2.27. The lowest BCUT2D eigenvalue weighted by Crippen LogP contribution is -2.36. The van der Waals surface area contributed by atoms with Crippen LogP contribution in [-0.4, -0.2) is 30.1 Å². The van der Waals surface area contributed by atoms with Crippen LogP contribution in [0, 0.1) is 5.92 Å². The van der Waals surface area contributed by atoms with Gasteiger partial charge in [-0.05, 0) is 71.9 Å². The molecule has 2 aliphatic rings. The van der Waals surface area contributed by atoms with Crippen molar-refractivity contribution >= 4 is 29.3 Å². The van der Waals surface area contributed by atoms with Crippen molar-refractivity contribution in [1.82, 2.24) is 0 Å². The first-order valence-corrected chi connectivity index (χ1v) is 13.3. The minimum absolute atomic E-state index is 0.0381. The summed E-state index contributed by atoms with van der Waals surface area (Å²) in [4.78, 5) is 28.9. The van der Waals surface area contributed by atoms with Crippen LogP contribution < -0.4 is 9.80 Å². The summed E-state index contributed by atoms with van der Waals surface area (Å²) in [6, 6.07) is 24.8. The molecule has 0 radical (unpaired) electrons. The molecular weight excluding hydrogens is 460 g/mol. The fourth-order valence-corrected chi connectivity index (χ4v) is 5.25. The van der Waals surface area contributed by atoms with Crippen molar-refractivity contribution in [2.75, 3.05) is 22.9 Å². The first-order chi connectivity index (χ1) is 18.1. The molecular formula is C32H34N2O3. The first kappa shape index (κ1) is 24.8. The Kier molecular flexibility index (Phi) is 7.69. The molecule has 5 rings (SSSR count). The maximum Gasteiger partial charge on any atom is 0.328 e. The third-order valence-electron chi connectivity index (χ3n) is 7.54. The van der Waals surface area contributed by atoms with E-state index < -0.39 is 5.97 Å². The summed E-state index contributed by atoms with van der Waals surface area (Å²) in [5.41, 5.74) is 6.25. The number of carboxylic acid groups (broad SMARTS) is 1. The van der Waals surface area contributed by atoms with Crippen LogP contribution in [0.2, 0.25) is 0 Å². The second-order valence-electron chi connectivity index (χ2n) is 10.1. The minimum Gasteiger partial charge on any atom is -0.478 e. The number of benzene rings is 3. The minimum atomic E-state index is -0.990. The number of anilines is 2. The number of amides is 1. The quantitative estimate of drug-likeness (QED) is 0.351. The summed E-state index contributed by atoms with van der Waals surface area (Å²) in [5, 5.41) is 9.01. The number of aliphatic carboxylic acids is 1. The van der Waals surface area contributed by atoms with E-state index in [1.807, 2.05) is 29.2 Å². The molecule has 0 aromatic heterocycles. The van der Waals surface area contributed by atoms with Crippen LogP contribution in [0.4, 0.5) is 11.4 Å². The molecule has 37 heavy (non-hydrogen) atoms. The van der Waals surface area contributed by atoms with Crippen molar-refractivity contribution in [2.24, 2.45) is 5.92 Å². The second kappa shape index (κ2) is 11.5. The van der Waals surface area contributed by atoms with Crippen LogP contribution in [0.3, 0.4) is 0 Å². The molecule has 1 saturated heterocycles. The lowest BCUT2D eigenvalue weighted by atomic mass is 9.88. The summed E-state index contributed by atoms with van der Waals surface area (Å²) in [6.45, 7) is 2.77. The van der Waals surface area contributed by atoms with Gasteiger partial charge in [-0.2, -0.15) is 0 Å². The predicted molar refractivity (Wildman–Crippen MR) is 150 cm³/mol. The molecule has 1 saturated carbocycles. The number of hydrogen-bond donors (Lipinski definition) is 1. The molecule has 2 fully saturated rings. The van der Waals surface area contributed by atoms with Gasteiger partial charge in [0.2, 0.25) is 5.91 Å². The van der Waals surface area contributed by atoms with E-state index in [0.29, 0.717) is 6.54 Å². The molecule has 1 aliphatic heterocycles. The van der Waals surface area contributed by atoms with Gasteiger partial charge in [0.05, 0.1) is 6.54 Å². The van der Waals surface area contributed by atoms with E-state index in [1.54, 1.807) is 6.08 Å². The van der Waals surface area contributed by atoms with Crippen molar-refractivity contribution in [3.8, 4) is 11.1 Å². The molecule has 1 heterocycles. The Bertz CT molecular complexity index is 1250. The smallest absolute Gasteiger partial charge is 0.328 e. The monoisotopic (exact) mass is 494 g/mol. The molecule has 0 unspecified atom stereocenters. The van der Waals surface area contributed by atoms with Gasteiger partial charge in [-0.15, -0.1) is 0 Å². The zero-order chi connectivity index (χ0) is 25.6. The molecule has 5 nitrogen and oxygen atoms in total. The fraction of sp³-hybridized carbons (Fsp3) is 0.312. The summed E-state index contributed by atoms with van der Waals surface area (Å²) >= 11 is 0. The predicted octanol–water partition coefficient (Wildman–Crippen LogP) is 6.78. The highest BCUT2D eigenvalue weighted by atomic mass is 16.4.